The Hall–Kier alpha value is -2.66. The van der Waals surface area contributed by atoms with Gasteiger partial charge >= 0.3 is 0 Å². The second-order valence-electron chi connectivity index (χ2n) is 6.49. The number of ether oxygens (including phenoxy) is 3. The van der Waals surface area contributed by atoms with Gasteiger partial charge in [-0.15, -0.1) is 0 Å². The van der Waals surface area contributed by atoms with E-state index < -0.39 is 0 Å². The Morgan fingerprint density at radius 3 is 2.59 bits per heavy atom. The van der Waals surface area contributed by atoms with Crippen LogP contribution in [-0.2, 0) is 13.0 Å². The van der Waals surface area contributed by atoms with Gasteiger partial charge in [0, 0.05) is 23.1 Å². The van der Waals surface area contributed by atoms with E-state index in [0.717, 1.165) is 42.3 Å². The van der Waals surface area contributed by atoms with Crippen molar-refractivity contribution < 1.29 is 14.2 Å². The van der Waals surface area contributed by atoms with Gasteiger partial charge in [-0.25, -0.2) is 0 Å². The molecule has 0 bridgehead atoms. The third-order valence-corrected chi connectivity index (χ3v) is 4.74. The highest BCUT2D eigenvalue weighted by Gasteiger charge is 2.10. The summed E-state index contributed by atoms with van der Waals surface area (Å²) in [6.45, 7) is 6.40. The lowest BCUT2D eigenvalue weighted by atomic mass is 10.1. The fourth-order valence-electron chi connectivity index (χ4n) is 3.36. The number of fused-ring (bicyclic) bond motifs is 1. The predicted octanol–water partition coefficient (Wildman–Crippen LogP) is 4.22. The van der Waals surface area contributed by atoms with Crippen molar-refractivity contribution in [2.45, 2.75) is 26.8 Å². The average molecular weight is 368 g/mol. The van der Waals surface area contributed by atoms with Crippen molar-refractivity contribution in [2.24, 2.45) is 0 Å². The molecule has 2 N–H and O–H groups in total. The predicted molar refractivity (Wildman–Crippen MR) is 109 cm³/mol. The van der Waals surface area contributed by atoms with Gasteiger partial charge in [0.05, 0.1) is 20.8 Å². The van der Waals surface area contributed by atoms with E-state index in [-0.39, 0.29) is 0 Å². The zero-order valence-electron chi connectivity index (χ0n) is 16.5. The first-order valence-corrected chi connectivity index (χ1v) is 9.31. The lowest BCUT2D eigenvalue weighted by Gasteiger charge is -2.12. The van der Waals surface area contributed by atoms with E-state index in [4.69, 9.17) is 14.2 Å². The Balaban J connectivity index is 1.63. The zero-order chi connectivity index (χ0) is 19.2. The molecule has 1 aromatic heterocycles. The molecule has 1 heterocycles. The molecule has 0 saturated carbocycles. The first-order valence-electron chi connectivity index (χ1n) is 9.31. The minimum Gasteiger partial charge on any atom is -0.497 e. The van der Waals surface area contributed by atoms with Gasteiger partial charge in [-0.05, 0) is 68.3 Å². The SMILES string of the molecule is CCOc1cc(CNCCc2c(C)[nH]c3ccc(OC)cc23)ccc1OC. The smallest absolute Gasteiger partial charge is 0.161 e. The summed E-state index contributed by atoms with van der Waals surface area (Å²) in [5.74, 6) is 2.44. The highest BCUT2D eigenvalue weighted by molar-refractivity contribution is 5.86. The fourth-order valence-corrected chi connectivity index (χ4v) is 3.36. The summed E-state index contributed by atoms with van der Waals surface area (Å²) in [6.07, 6.45) is 0.952. The Morgan fingerprint density at radius 2 is 1.85 bits per heavy atom. The first-order chi connectivity index (χ1) is 13.2. The molecule has 27 heavy (non-hydrogen) atoms. The topological polar surface area (TPSA) is 55.5 Å². The summed E-state index contributed by atoms with van der Waals surface area (Å²) in [5.41, 5.74) is 4.88. The number of nitrogens with one attached hydrogen (secondary N) is 2. The van der Waals surface area contributed by atoms with Crippen LogP contribution in [0.1, 0.15) is 23.7 Å². The number of hydrogen-bond donors (Lipinski definition) is 2. The van der Waals surface area contributed by atoms with E-state index in [9.17, 15) is 0 Å². The molecule has 0 fully saturated rings. The normalized spacial score (nSPS) is 11.0. The molecule has 0 aliphatic carbocycles. The highest BCUT2D eigenvalue weighted by Crippen LogP contribution is 2.28. The van der Waals surface area contributed by atoms with Gasteiger partial charge in [-0.2, -0.15) is 0 Å². The molecule has 3 rings (SSSR count). The lowest BCUT2D eigenvalue weighted by Crippen LogP contribution is -2.17. The van der Waals surface area contributed by atoms with Crippen molar-refractivity contribution in [3.8, 4) is 17.2 Å². The number of methoxy groups -OCH3 is 2. The van der Waals surface area contributed by atoms with Crippen LogP contribution in [0.15, 0.2) is 36.4 Å². The van der Waals surface area contributed by atoms with Crippen molar-refractivity contribution in [1.82, 2.24) is 10.3 Å². The average Bonchev–Trinajstić information content (AvgIpc) is 3.00. The molecule has 0 atom stereocenters. The summed E-state index contributed by atoms with van der Waals surface area (Å²) < 4.78 is 16.4. The number of aromatic nitrogens is 1. The van der Waals surface area contributed by atoms with Crippen LogP contribution in [0.5, 0.6) is 17.2 Å². The molecular weight excluding hydrogens is 340 g/mol. The second kappa shape index (κ2) is 8.82. The van der Waals surface area contributed by atoms with Crippen molar-refractivity contribution >= 4 is 10.9 Å². The van der Waals surface area contributed by atoms with E-state index in [1.807, 2.05) is 25.1 Å². The minimum atomic E-state index is 0.622. The van der Waals surface area contributed by atoms with E-state index in [0.29, 0.717) is 6.61 Å². The zero-order valence-corrected chi connectivity index (χ0v) is 16.5. The Kier molecular flexibility index (Phi) is 6.24. The van der Waals surface area contributed by atoms with Crippen LogP contribution in [0.3, 0.4) is 0 Å². The van der Waals surface area contributed by atoms with Gasteiger partial charge in [0.2, 0.25) is 0 Å². The van der Waals surface area contributed by atoms with Crippen molar-refractivity contribution in [2.75, 3.05) is 27.4 Å². The van der Waals surface area contributed by atoms with Crippen LogP contribution < -0.4 is 19.5 Å². The number of hydrogen-bond acceptors (Lipinski definition) is 4. The number of benzene rings is 2. The Morgan fingerprint density at radius 1 is 1.00 bits per heavy atom. The lowest BCUT2D eigenvalue weighted by molar-refractivity contribution is 0.310. The molecule has 0 aliphatic heterocycles. The third-order valence-electron chi connectivity index (χ3n) is 4.74. The van der Waals surface area contributed by atoms with Crippen LogP contribution in [0.25, 0.3) is 10.9 Å². The molecular formula is C22H28N2O3. The molecule has 0 radical (unpaired) electrons. The number of rotatable bonds is 9. The number of H-pyrrole nitrogens is 1. The summed E-state index contributed by atoms with van der Waals surface area (Å²) in [7, 11) is 3.36. The highest BCUT2D eigenvalue weighted by atomic mass is 16.5. The molecule has 0 unspecified atom stereocenters. The van der Waals surface area contributed by atoms with Gasteiger partial charge in [-0.1, -0.05) is 6.07 Å². The Bertz CT molecular complexity index is 902. The first kappa shape index (κ1) is 19.1. The van der Waals surface area contributed by atoms with Crippen LogP contribution >= 0.6 is 0 Å². The maximum Gasteiger partial charge on any atom is 0.161 e. The molecule has 0 aliphatic rings. The largest absolute Gasteiger partial charge is 0.497 e. The number of aryl methyl sites for hydroxylation is 1. The molecule has 0 amide bonds. The van der Waals surface area contributed by atoms with Gasteiger partial charge < -0.3 is 24.5 Å². The van der Waals surface area contributed by atoms with Crippen molar-refractivity contribution in [3.63, 3.8) is 0 Å². The summed E-state index contributed by atoms with van der Waals surface area (Å²) in [6, 6.07) is 12.2. The molecule has 0 spiro atoms. The quantitative estimate of drug-likeness (QED) is 0.555. The van der Waals surface area contributed by atoms with Gasteiger partial charge in [0.1, 0.15) is 5.75 Å². The monoisotopic (exact) mass is 368 g/mol. The van der Waals surface area contributed by atoms with Gasteiger partial charge in [0.25, 0.3) is 0 Å². The summed E-state index contributed by atoms with van der Waals surface area (Å²) in [5, 5.41) is 4.76. The van der Waals surface area contributed by atoms with Crippen LogP contribution in [-0.4, -0.2) is 32.4 Å². The van der Waals surface area contributed by atoms with Crippen LogP contribution in [0, 0.1) is 6.92 Å². The van der Waals surface area contributed by atoms with E-state index in [2.05, 4.69) is 35.4 Å². The minimum absolute atomic E-state index is 0.622. The van der Waals surface area contributed by atoms with Crippen LogP contribution in [0.4, 0.5) is 0 Å². The second-order valence-corrected chi connectivity index (χ2v) is 6.49. The third kappa shape index (κ3) is 4.37. The van der Waals surface area contributed by atoms with Crippen LogP contribution in [0.2, 0.25) is 0 Å². The summed E-state index contributed by atoms with van der Waals surface area (Å²) >= 11 is 0. The maximum atomic E-state index is 5.65. The molecule has 2 aromatic carbocycles. The van der Waals surface area contributed by atoms with E-state index >= 15 is 0 Å². The van der Waals surface area contributed by atoms with E-state index in [1.165, 1.54) is 22.2 Å². The fraction of sp³-hybridized carbons (Fsp3) is 0.364. The number of aromatic amines is 1. The Labute approximate surface area is 160 Å². The van der Waals surface area contributed by atoms with Gasteiger partial charge in [-0.3, -0.25) is 0 Å². The maximum absolute atomic E-state index is 5.65. The van der Waals surface area contributed by atoms with Crippen molar-refractivity contribution in [1.29, 1.82) is 0 Å². The standard InChI is InChI=1S/C22H28N2O3/c1-5-27-22-12-16(6-9-21(22)26-4)14-23-11-10-18-15(2)24-20-8-7-17(25-3)13-19(18)20/h6-9,12-13,23-24H,5,10-11,14H2,1-4H3. The van der Waals surface area contributed by atoms with Crippen molar-refractivity contribution in [3.05, 3.63) is 53.2 Å². The van der Waals surface area contributed by atoms with Gasteiger partial charge in [0.15, 0.2) is 11.5 Å². The molecule has 0 saturated heterocycles. The molecule has 5 nitrogen and oxygen atoms in total. The molecule has 144 valence electrons. The molecule has 3 aromatic rings. The van der Waals surface area contributed by atoms with E-state index in [1.54, 1.807) is 14.2 Å². The summed E-state index contributed by atoms with van der Waals surface area (Å²) in [4.78, 5) is 3.46. The molecule has 5 heteroatoms.